The Morgan fingerprint density at radius 2 is 2.07 bits per heavy atom. The Hall–Kier alpha value is -0.790. The van der Waals surface area contributed by atoms with E-state index in [0.29, 0.717) is 5.92 Å². The van der Waals surface area contributed by atoms with Crippen LogP contribution in [0.1, 0.15) is 57.1 Å². The molecule has 1 aromatic heterocycles. The van der Waals surface area contributed by atoms with Gasteiger partial charge in [-0.1, -0.05) is 26.7 Å². The lowest BCUT2D eigenvalue weighted by Crippen LogP contribution is -2.10. The van der Waals surface area contributed by atoms with Crippen molar-refractivity contribution >= 4 is 0 Å². The highest BCUT2D eigenvalue weighted by Crippen LogP contribution is 2.35. The molecular formula is C12H19NO. The molecule has 0 N–H and O–H groups in total. The summed E-state index contributed by atoms with van der Waals surface area (Å²) in [6.45, 7) is 4.42. The molecule has 2 nitrogen and oxygen atoms in total. The van der Waals surface area contributed by atoms with Gasteiger partial charge in [0.15, 0.2) is 5.89 Å². The first-order chi connectivity index (χ1) is 6.79. The van der Waals surface area contributed by atoms with Crippen LogP contribution in [0.25, 0.3) is 0 Å². The molecule has 0 aromatic carbocycles. The Bertz CT molecular complexity index is 284. The molecule has 0 aliphatic heterocycles. The van der Waals surface area contributed by atoms with Crippen molar-refractivity contribution in [3.8, 4) is 0 Å². The van der Waals surface area contributed by atoms with Gasteiger partial charge in [-0.15, -0.1) is 0 Å². The standard InChI is InChI=1S/C12H19NO/c1-3-12-13-8-11(14-12)10-6-4-9(2)5-7-10/h8-10H,3-7H2,1-2H3/t9-,10-. The second-order valence-corrected chi connectivity index (χ2v) is 4.47. The Morgan fingerprint density at radius 3 is 2.64 bits per heavy atom. The van der Waals surface area contributed by atoms with E-state index in [0.717, 1.165) is 24.0 Å². The van der Waals surface area contributed by atoms with Crippen molar-refractivity contribution in [2.45, 2.75) is 51.9 Å². The van der Waals surface area contributed by atoms with Crippen LogP contribution in [-0.4, -0.2) is 4.98 Å². The van der Waals surface area contributed by atoms with Gasteiger partial charge in [-0.05, 0) is 18.8 Å². The molecule has 0 atom stereocenters. The van der Waals surface area contributed by atoms with Gasteiger partial charge in [0.25, 0.3) is 0 Å². The average Bonchev–Trinajstić information content (AvgIpc) is 2.67. The molecule has 1 aromatic rings. The van der Waals surface area contributed by atoms with Crippen LogP contribution in [0.15, 0.2) is 10.6 Å². The highest BCUT2D eigenvalue weighted by atomic mass is 16.4. The van der Waals surface area contributed by atoms with E-state index in [9.17, 15) is 0 Å². The zero-order valence-electron chi connectivity index (χ0n) is 9.12. The molecule has 0 radical (unpaired) electrons. The highest BCUT2D eigenvalue weighted by Gasteiger charge is 2.22. The lowest BCUT2D eigenvalue weighted by Gasteiger charge is -2.24. The van der Waals surface area contributed by atoms with E-state index in [2.05, 4.69) is 18.8 Å². The largest absolute Gasteiger partial charge is 0.445 e. The molecule has 1 aliphatic rings. The summed E-state index contributed by atoms with van der Waals surface area (Å²) in [6, 6.07) is 0. The van der Waals surface area contributed by atoms with Crippen molar-refractivity contribution in [2.24, 2.45) is 5.92 Å². The van der Waals surface area contributed by atoms with Crippen molar-refractivity contribution in [3.63, 3.8) is 0 Å². The maximum atomic E-state index is 5.70. The first-order valence-electron chi connectivity index (χ1n) is 5.74. The van der Waals surface area contributed by atoms with E-state index < -0.39 is 0 Å². The van der Waals surface area contributed by atoms with Crippen LogP contribution >= 0.6 is 0 Å². The van der Waals surface area contributed by atoms with Gasteiger partial charge in [-0.25, -0.2) is 4.98 Å². The third-order valence-electron chi connectivity index (χ3n) is 3.29. The Morgan fingerprint density at radius 1 is 1.36 bits per heavy atom. The highest BCUT2D eigenvalue weighted by molar-refractivity contribution is 5.03. The molecule has 1 heterocycles. The maximum absolute atomic E-state index is 5.70. The minimum absolute atomic E-state index is 0.638. The molecule has 2 heteroatoms. The van der Waals surface area contributed by atoms with Gasteiger partial charge < -0.3 is 4.42 Å². The van der Waals surface area contributed by atoms with Crippen LogP contribution in [-0.2, 0) is 6.42 Å². The molecule has 14 heavy (non-hydrogen) atoms. The smallest absolute Gasteiger partial charge is 0.194 e. The Labute approximate surface area is 85.7 Å². The van der Waals surface area contributed by atoms with Crippen LogP contribution in [0.3, 0.4) is 0 Å². The van der Waals surface area contributed by atoms with Crippen molar-refractivity contribution < 1.29 is 4.42 Å². The zero-order chi connectivity index (χ0) is 9.97. The van der Waals surface area contributed by atoms with Gasteiger partial charge in [0.2, 0.25) is 0 Å². The molecule has 0 unspecified atom stereocenters. The number of rotatable bonds is 2. The van der Waals surface area contributed by atoms with Gasteiger partial charge >= 0.3 is 0 Å². The third kappa shape index (κ3) is 1.99. The summed E-state index contributed by atoms with van der Waals surface area (Å²) in [7, 11) is 0. The van der Waals surface area contributed by atoms with Crippen molar-refractivity contribution in [1.29, 1.82) is 0 Å². The Balaban J connectivity index is 2.01. The second kappa shape index (κ2) is 4.16. The maximum Gasteiger partial charge on any atom is 0.194 e. The number of hydrogen-bond acceptors (Lipinski definition) is 2. The van der Waals surface area contributed by atoms with Crippen LogP contribution in [0.4, 0.5) is 0 Å². The van der Waals surface area contributed by atoms with E-state index in [4.69, 9.17) is 4.42 Å². The van der Waals surface area contributed by atoms with Crippen LogP contribution in [0.2, 0.25) is 0 Å². The normalized spacial score (nSPS) is 27.9. The first-order valence-corrected chi connectivity index (χ1v) is 5.74. The van der Waals surface area contributed by atoms with Crippen LogP contribution in [0, 0.1) is 5.92 Å². The van der Waals surface area contributed by atoms with E-state index in [1.54, 1.807) is 0 Å². The zero-order valence-corrected chi connectivity index (χ0v) is 9.12. The molecule has 1 fully saturated rings. The van der Waals surface area contributed by atoms with Gasteiger partial charge in [-0.3, -0.25) is 0 Å². The predicted octanol–water partition coefficient (Wildman–Crippen LogP) is 3.53. The monoisotopic (exact) mass is 193 g/mol. The quantitative estimate of drug-likeness (QED) is 0.718. The molecule has 2 rings (SSSR count). The summed E-state index contributed by atoms with van der Waals surface area (Å²) < 4.78 is 5.70. The number of aryl methyl sites for hydroxylation is 1. The fourth-order valence-electron chi connectivity index (χ4n) is 2.22. The fraction of sp³-hybridized carbons (Fsp3) is 0.750. The van der Waals surface area contributed by atoms with Gasteiger partial charge in [0, 0.05) is 12.3 Å². The molecular weight excluding hydrogens is 174 g/mol. The fourth-order valence-corrected chi connectivity index (χ4v) is 2.22. The number of oxazole rings is 1. The third-order valence-corrected chi connectivity index (χ3v) is 3.29. The molecule has 0 amide bonds. The molecule has 1 saturated carbocycles. The van der Waals surface area contributed by atoms with Crippen molar-refractivity contribution in [1.82, 2.24) is 4.98 Å². The summed E-state index contributed by atoms with van der Waals surface area (Å²) in [5, 5.41) is 0. The van der Waals surface area contributed by atoms with E-state index >= 15 is 0 Å². The predicted molar refractivity (Wildman–Crippen MR) is 56.3 cm³/mol. The molecule has 0 spiro atoms. The number of nitrogens with zero attached hydrogens (tertiary/aromatic N) is 1. The van der Waals surface area contributed by atoms with Crippen molar-refractivity contribution in [3.05, 3.63) is 17.8 Å². The molecule has 78 valence electrons. The average molecular weight is 193 g/mol. The van der Waals surface area contributed by atoms with E-state index in [1.165, 1.54) is 25.7 Å². The van der Waals surface area contributed by atoms with E-state index in [1.807, 2.05) is 6.20 Å². The minimum atomic E-state index is 0.638. The van der Waals surface area contributed by atoms with E-state index in [-0.39, 0.29) is 0 Å². The SMILES string of the molecule is CCc1ncc([C@H]2CC[C@H](C)CC2)o1. The topological polar surface area (TPSA) is 26.0 Å². The summed E-state index contributed by atoms with van der Waals surface area (Å²) in [5.41, 5.74) is 0. The minimum Gasteiger partial charge on any atom is -0.445 e. The summed E-state index contributed by atoms with van der Waals surface area (Å²) in [6.07, 6.45) is 8.07. The number of aromatic nitrogens is 1. The second-order valence-electron chi connectivity index (χ2n) is 4.47. The summed E-state index contributed by atoms with van der Waals surface area (Å²) >= 11 is 0. The lowest BCUT2D eigenvalue weighted by atomic mass is 9.82. The van der Waals surface area contributed by atoms with Gasteiger partial charge in [0.05, 0.1) is 6.20 Å². The van der Waals surface area contributed by atoms with Gasteiger partial charge in [-0.2, -0.15) is 0 Å². The van der Waals surface area contributed by atoms with Gasteiger partial charge in [0.1, 0.15) is 5.76 Å². The molecule has 0 bridgehead atoms. The van der Waals surface area contributed by atoms with Crippen molar-refractivity contribution in [2.75, 3.05) is 0 Å². The lowest BCUT2D eigenvalue weighted by molar-refractivity contribution is 0.309. The Kier molecular flexibility index (Phi) is 2.90. The molecule has 1 aliphatic carbocycles. The summed E-state index contributed by atoms with van der Waals surface area (Å²) in [5.74, 6) is 3.55. The summed E-state index contributed by atoms with van der Waals surface area (Å²) in [4.78, 5) is 4.26. The molecule has 0 saturated heterocycles. The van der Waals surface area contributed by atoms with Crippen LogP contribution < -0.4 is 0 Å². The number of hydrogen-bond donors (Lipinski definition) is 0. The first kappa shape index (κ1) is 9.75. The van der Waals surface area contributed by atoms with Crippen LogP contribution in [0.5, 0.6) is 0 Å².